The summed E-state index contributed by atoms with van der Waals surface area (Å²) in [6.07, 6.45) is 0. The zero-order valence-corrected chi connectivity index (χ0v) is 80.7. The van der Waals surface area contributed by atoms with Gasteiger partial charge in [-0.3, -0.25) is 0 Å². The lowest BCUT2D eigenvalue weighted by Crippen LogP contribution is -2.70. The summed E-state index contributed by atoms with van der Waals surface area (Å²) in [4.78, 5) is 20.3. The molecule has 0 spiro atoms. The van der Waals surface area contributed by atoms with Crippen LogP contribution in [0, 0.1) is 0 Å². The Bertz CT molecular complexity index is 2880. The Morgan fingerprint density at radius 2 is 0.457 bits per heavy atom. The van der Waals surface area contributed by atoms with Gasteiger partial charge in [-0.1, -0.05) is 152 Å². The molecule has 2 N–H and O–H groups in total. The highest BCUT2D eigenvalue weighted by molar-refractivity contribution is 7.21. The van der Waals surface area contributed by atoms with E-state index in [1.54, 1.807) is 33.3 Å². The van der Waals surface area contributed by atoms with Crippen molar-refractivity contribution in [2.24, 2.45) is 0 Å². The standard InChI is InChI=1S/C18H28Cl2O3Si4.C15H32O4Si4.C13H26Cl2O3Si4.C13H28O5Si4/c1-24(2,19)21-26(5,6)23-27(22-25(3,4)20,17-13-9-7-10-14-17)18-15-11-8-12-16-18;1-16-21(5,6)18-23(9,15-13-11-10-12-14-15)19-22(7,8)17-20(2,3)4;2*1-19(2,14)16-21(5,6)18-22(7,17-20(3,4)15)13-11-9-8-10-12-13/h7-16H,1-6H3;10-14H,1-9H3;8-12H,1-7H3;8-12,14-15H,1-7H3. The lowest BCUT2D eigenvalue weighted by atomic mass is 10.4. The molecule has 0 saturated carbocycles. The molecular weight excluding hydrogens is 1540 g/mol. The third-order valence-corrected chi connectivity index (χ3v) is 65.8. The molecule has 532 valence electrons. The fourth-order valence-corrected chi connectivity index (χ4v) is 77.6. The molecule has 0 heterocycles. The first kappa shape index (κ1) is 90.2. The van der Waals surface area contributed by atoms with Crippen molar-refractivity contribution in [3.8, 4) is 0 Å². The first-order chi connectivity index (χ1) is 42.1. The van der Waals surface area contributed by atoms with Crippen molar-refractivity contribution in [2.75, 3.05) is 7.11 Å². The fourth-order valence-electron chi connectivity index (χ4n) is 10.5. The van der Waals surface area contributed by atoms with E-state index in [1.165, 1.54) is 0 Å². The van der Waals surface area contributed by atoms with Crippen molar-refractivity contribution in [3.05, 3.63) is 152 Å². The van der Waals surface area contributed by atoms with Crippen LogP contribution in [0.15, 0.2) is 152 Å². The van der Waals surface area contributed by atoms with Crippen LogP contribution in [-0.4, -0.2) is 150 Å². The van der Waals surface area contributed by atoms with Crippen molar-refractivity contribution >= 4 is 203 Å². The van der Waals surface area contributed by atoms with Crippen molar-refractivity contribution in [2.45, 2.75) is 183 Å². The Balaban J connectivity index is 0.000000428. The van der Waals surface area contributed by atoms with Crippen LogP contribution in [0.4, 0.5) is 0 Å². The maximum Gasteiger partial charge on any atom is 0.388 e. The maximum atomic E-state index is 10.2. The molecule has 0 amide bonds. The second kappa shape index (κ2) is 35.5. The van der Waals surface area contributed by atoms with Gasteiger partial charge in [0.15, 0.2) is 8.32 Å². The van der Waals surface area contributed by atoms with Gasteiger partial charge in [0.05, 0.1) is 0 Å². The largest absolute Gasteiger partial charge is 0.437 e. The Labute approximate surface area is 603 Å². The first-order valence-electron chi connectivity index (χ1n) is 31.5. The summed E-state index contributed by atoms with van der Waals surface area (Å²) in [5, 5.41) is 5.18. The van der Waals surface area contributed by atoms with Gasteiger partial charge in [-0.05, 0) is 209 Å². The van der Waals surface area contributed by atoms with Crippen LogP contribution >= 0.6 is 44.3 Å². The summed E-state index contributed by atoms with van der Waals surface area (Å²) in [6, 6.07) is 50.2. The van der Waals surface area contributed by atoms with Gasteiger partial charge in [0, 0.05) is 7.11 Å². The summed E-state index contributed by atoms with van der Waals surface area (Å²) < 4.78 is 82.2. The third kappa shape index (κ3) is 36.3. The van der Waals surface area contributed by atoms with Gasteiger partial charge in [-0.15, -0.1) is 44.3 Å². The van der Waals surface area contributed by atoms with Gasteiger partial charge in [0.2, 0.25) is 0 Å². The molecule has 3 atom stereocenters. The van der Waals surface area contributed by atoms with E-state index in [-0.39, 0.29) is 0 Å². The molecule has 15 nitrogen and oxygen atoms in total. The second-order valence-electron chi connectivity index (χ2n) is 29.2. The summed E-state index contributed by atoms with van der Waals surface area (Å²) >= 11 is 26.0. The zero-order chi connectivity index (χ0) is 72.8. The predicted molar refractivity (Wildman–Crippen MR) is 435 cm³/mol. The quantitative estimate of drug-likeness (QED) is 0.0330. The minimum absolute atomic E-state index is 0.950. The molecule has 5 aromatic rings. The van der Waals surface area contributed by atoms with Gasteiger partial charge < -0.3 is 63.4 Å². The third-order valence-electron chi connectivity index (χ3n) is 12.1. The van der Waals surface area contributed by atoms with Crippen LogP contribution in [0.3, 0.4) is 0 Å². The normalized spacial score (nSPS) is 15.6. The smallest absolute Gasteiger partial charge is 0.388 e. The molecule has 0 fully saturated rings. The average Bonchev–Trinajstić information content (AvgIpc) is 0.773. The number of benzene rings is 5. The summed E-state index contributed by atoms with van der Waals surface area (Å²) in [7, 11) is -38.1. The number of rotatable bonds is 30. The highest BCUT2D eigenvalue weighted by Gasteiger charge is 2.54. The van der Waals surface area contributed by atoms with Gasteiger partial charge in [0.25, 0.3) is 30.5 Å². The van der Waals surface area contributed by atoms with Crippen molar-refractivity contribution < 1.29 is 63.4 Å². The molecule has 5 rings (SSSR count). The van der Waals surface area contributed by atoms with Gasteiger partial charge in [0.1, 0.15) is 0 Å². The average molecular weight is 1650 g/mol. The Morgan fingerprint density at radius 3 is 0.713 bits per heavy atom. The van der Waals surface area contributed by atoms with Crippen LogP contribution in [0.2, 0.25) is 183 Å². The van der Waals surface area contributed by atoms with E-state index in [0.29, 0.717) is 0 Å². The first-order valence-corrected chi connectivity index (χ1v) is 79.2. The van der Waals surface area contributed by atoms with E-state index >= 15 is 0 Å². The van der Waals surface area contributed by atoms with Crippen LogP contribution < -0.4 is 25.9 Å². The molecule has 0 bridgehead atoms. The van der Waals surface area contributed by atoms with E-state index in [9.17, 15) is 9.59 Å². The summed E-state index contributed by atoms with van der Waals surface area (Å²) in [5.41, 5.74) is 0. The van der Waals surface area contributed by atoms with E-state index in [1.807, 2.05) is 220 Å². The van der Waals surface area contributed by atoms with E-state index in [4.69, 9.17) is 98.1 Å². The molecular formula is C59H114Cl4O15Si16. The van der Waals surface area contributed by atoms with E-state index < -0.39 is 133 Å². The molecule has 35 heteroatoms. The SMILES string of the molecule is CO[Si](C)(C)O[Si](C)(O[Si](C)(C)O[Si](C)(C)C)c1ccccc1.C[Si](C)(Cl)O[Si](C)(C)O[Si](C)(O[Si](C)(C)Cl)c1ccccc1.C[Si](C)(Cl)O[Si](C)(C)O[Si](O[Si](C)(C)Cl)(c1ccccc1)c1ccccc1.C[Si](C)(O)O[Si](C)(C)O[Si](C)(O[Si](C)(C)O)c1ccccc1. The minimum atomic E-state index is -3.09. The van der Waals surface area contributed by atoms with Crippen LogP contribution in [0.5, 0.6) is 0 Å². The maximum absolute atomic E-state index is 10.2. The number of hydrogen-bond acceptors (Lipinski definition) is 15. The topological polar surface area (TPSA) is 160 Å². The van der Waals surface area contributed by atoms with Crippen molar-refractivity contribution in [1.82, 2.24) is 0 Å². The molecule has 94 heavy (non-hydrogen) atoms. The summed E-state index contributed by atoms with van der Waals surface area (Å²) in [6.45, 7) is 55.5. The second-order valence-corrected chi connectivity index (χ2v) is 95.0. The molecule has 0 aliphatic rings. The fraction of sp³-hybridized carbons (Fsp3) is 0.492. The predicted octanol–water partition coefficient (Wildman–Crippen LogP) is 15.5. The van der Waals surface area contributed by atoms with Crippen molar-refractivity contribution in [1.29, 1.82) is 0 Å². The highest BCUT2D eigenvalue weighted by atomic mass is 35.6. The summed E-state index contributed by atoms with van der Waals surface area (Å²) in [5.74, 6) is 0. The molecule has 0 saturated heterocycles. The van der Waals surface area contributed by atoms with Crippen LogP contribution in [-0.2, 0) is 53.8 Å². The Kier molecular flexibility index (Phi) is 34.1. The van der Waals surface area contributed by atoms with Gasteiger partial charge >= 0.3 is 94.2 Å². The van der Waals surface area contributed by atoms with Gasteiger partial charge in [-0.2, -0.15) is 0 Å². The monoisotopic (exact) mass is 1650 g/mol. The lowest BCUT2D eigenvalue weighted by Gasteiger charge is -2.42. The molecule has 0 aliphatic carbocycles. The van der Waals surface area contributed by atoms with Crippen LogP contribution in [0.1, 0.15) is 0 Å². The molecule has 5 aromatic carbocycles. The lowest BCUT2D eigenvalue weighted by molar-refractivity contribution is 0.269. The Hall–Kier alpha value is 0.130. The molecule has 0 aliphatic heterocycles. The number of hydrogen-bond donors (Lipinski definition) is 2. The highest BCUT2D eigenvalue weighted by Crippen LogP contribution is 2.30. The van der Waals surface area contributed by atoms with Crippen molar-refractivity contribution in [3.63, 3.8) is 0 Å². The molecule has 0 radical (unpaired) electrons. The minimum Gasteiger partial charge on any atom is -0.437 e. The van der Waals surface area contributed by atoms with Gasteiger partial charge in [-0.25, -0.2) is 0 Å². The zero-order valence-electron chi connectivity index (χ0n) is 61.6. The Morgan fingerprint density at radius 1 is 0.234 bits per heavy atom. The number of halogens is 4. The van der Waals surface area contributed by atoms with E-state index in [2.05, 4.69) is 88.8 Å². The van der Waals surface area contributed by atoms with Crippen LogP contribution in [0.25, 0.3) is 0 Å². The van der Waals surface area contributed by atoms with E-state index in [0.717, 1.165) is 25.9 Å². The molecule has 0 aromatic heterocycles. The molecule has 3 unspecified atom stereocenters.